The molecule has 0 N–H and O–H groups in total. The average molecular weight is 811 g/mol. The van der Waals surface area contributed by atoms with Crippen molar-refractivity contribution in [3.8, 4) is 33.6 Å². The maximum absolute atomic E-state index is 4.68. The molecular formula is C41H38IrN2SSi-2. The molecule has 1 radical (unpaired) electrons. The van der Waals surface area contributed by atoms with Crippen LogP contribution in [0.2, 0.25) is 19.6 Å². The van der Waals surface area contributed by atoms with Gasteiger partial charge in [0.25, 0.3) is 0 Å². The van der Waals surface area contributed by atoms with Crippen molar-refractivity contribution < 1.29 is 20.1 Å². The van der Waals surface area contributed by atoms with E-state index in [1.165, 1.54) is 42.0 Å². The molecule has 5 heteroatoms. The van der Waals surface area contributed by atoms with Crippen LogP contribution < -0.4 is 5.19 Å². The summed E-state index contributed by atoms with van der Waals surface area (Å²) < 4.78 is 2.57. The van der Waals surface area contributed by atoms with Crippen LogP contribution in [0.1, 0.15) is 19.4 Å². The van der Waals surface area contributed by atoms with Crippen LogP contribution in [0.15, 0.2) is 122 Å². The Morgan fingerprint density at radius 2 is 1.52 bits per heavy atom. The Morgan fingerprint density at radius 1 is 0.717 bits per heavy atom. The summed E-state index contributed by atoms with van der Waals surface area (Å²) in [6.45, 7) is 11.5. The van der Waals surface area contributed by atoms with Crippen molar-refractivity contribution in [3.63, 3.8) is 0 Å². The van der Waals surface area contributed by atoms with Crippen molar-refractivity contribution in [1.29, 1.82) is 0 Å². The molecule has 0 aliphatic rings. The molecular weight excluding hydrogens is 773 g/mol. The first-order chi connectivity index (χ1) is 21.8. The SMILES string of the molecule is CC(C)Cc1ccnc(-c2[c-]ccc3c2sc2cc(-c4ccccc4)ccc23)c1.C[Si](C)(C)c1ccc(-c2[c-]cccc2)nc1.[Ir]. The van der Waals surface area contributed by atoms with E-state index in [0.717, 1.165) is 28.9 Å². The molecule has 4 aromatic carbocycles. The van der Waals surface area contributed by atoms with Gasteiger partial charge in [0.15, 0.2) is 0 Å². The minimum atomic E-state index is -1.23. The quantitative estimate of drug-likeness (QED) is 0.124. The van der Waals surface area contributed by atoms with Crippen LogP contribution in [-0.4, -0.2) is 18.0 Å². The van der Waals surface area contributed by atoms with Crippen molar-refractivity contribution in [2.24, 2.45) is 5.92 Å². The third-order valence-electron chi connectivity index (χ3n) is 7.88. The number of fused-ring (bicyclic) bond motifs is 3. The van der Waals surface area contributed by atoms with Crippen LogP contribution in [0.4, 0.5) is 0 Å². The zero-order valence-corrected chi connectivity index (χ0v) is 31.2. The number of benzene rings is 4. The first-order valence-electron chi connectivity index (χ1n) is 15.6. The molecule has 0 aliphatic carbocycles. The number of pyridine rings is 2. The summed E-state index contributed by atoms with van der Waals surface area (Å²) in [5.74, 6) is 0.630. The van der Waals surface area contributed by atoms with Crippen LogP contribution in [-0.2, 0) is 26.5 Å². The maximum atomic E-state index is 4.68. The van der Waals surface area contributed by atoms with E-state index in [4.69, 9.17) is 0 Å². The molecule has 3 aromatic heterocycles. The van der Waals surface area contributed by atoms with E-state index in [2.05, 4.69) is 134 Å². The number of hydrogen-bond acceptors (Lipinski definition) is 3. The summed E-state index contributed by atoms with van der Waals surface area (Å²) in [7, 11) is -1.23. The zero-order chi connectivity index (χ0) is 31.4. The van der Waals surface area contributed by atoms with E-state index in [1.54, 1.807) is 0 Å². The van der Waals surface area contributed by atoms with Gasteiger partial charge in [0.2, 0.25) is 0 Å². The van der Waals surface area contributed by atoms with Gasteiger partial charge in [0.05, 0.1) is 8.07 Å². The van der Waals surface area contributed by atoms with E-state index in [1.807, 2.05) is 54.1 Å². The Kier molecular flexibility index (Phi) is 10.8. The molecule has 0 spiro atoms. The minimum absolute atomic E-state index is 0. The number of thiophene rings is 1. The molecule has 0 bridgehead atoms. The van der Waals surface area contributed by atoms with Gasteiger partial charge in [0.1, 0.15) is 0 Å². The monoisotopic (exact) mass is 811 g/mol. The van der Waals surface area contributed by atoms with Crippen LogP contribution in [0, 0.1) is 18.1 Å². The van der Waals surface area contributed by atoms with Crippen LogP contribution in [0.3, 0.4) is 0 Å². The molecule has 0 unspecified atom stereocenters. The topological polar surface area (TPSA) is 25.8 Å². The molecule has 233 valence electrons. The average Bonchev–Trinajstić information content (AvgIpc) is 3.44. The largest absolute Gasteiger partial charge is 0.305 e. The van der Waals surface area contributed by atoms with Gasteiger partial charge in [-0.3, -0.25) is 0 Å². The number of aromatic nitrogens is 2. The number of nitrogens with zero attached hydrogens (tertiary/aromatic N) is 2. The summed E-state index contributed by atoms with van der Waals surface area (Å²) in [6, 6.07) is 44.8. The molecule has 7 rings (SSSR count). The van der Waals surface area contributed by atoms with Gasteiger partial charge in [-0.1, -0.05) is 105 Å². The Morgan fingerprint density at radius 3 is 2.22 bits per heavy atom. The number of hydrogen-bond donors (Lipinski definition) is 0. The van der Waals surface area contributed by atoms with E-state index < -0.39 is 8.07 Å². The predicted molar refractivity (Wildman–Crippen MR) is 197 cm³/mol. The molecule has 7 aromatic rings. The molecule has 0 aliphatic heterocycles. The Balaban J connectivity index is 0.000000209. The van der Waals surface area contributed by atoms with Crippen LogP contribution >= 0.6 is 11.3 Å². The maximum Gasteiger partial charge on any atom is 0.0795 e. The summed E-state index contributed by atoms with van der Waals surface area (Å²) in [6.07, 6.45) is 5.02. The normalized spacial score (nSPS) is 11.3. The minimum Gasteiger partial charge on any atom is -0.305 e. The van der Waals surface area contributed by atoms with Gasteiger partial charge in [-0.05, 0) is 62.3 Å². The smallest absolute Gasteiger partial charge is 0.0795 e. The van der Waals surface area contributed by atoms with Crippen molar-refractivity contribution >= 4 is 44.8 Å². The van der Waals surface area contributed by atoms with Gasteiger partial charge in [-0.25, -0.2) is 0 Å². The van der Waals surface area contributed by atoms with Gasteiger partial charge in [-0.15, -0.1) is 59.7 Å². The summed E-state index contributed by atoms with van der Waals surface area (Å²) >= 11 is 1.84. The van der Waals surface area contributed by atoms with Crippen molar-refractivity contribution in [1.82, 2.24) is 9.97 Å². The third-order valence-corrected chi connectivity index (χ3v) is 11.1. The van der Waals surface area contributed by atoms with Crippen molar-refractivity contribution in [2.45, 2.75) is 39.9 Å². The van der Waals surface area contributed by atoms with Crippen molar-refractivity contribution in [3.05, 3.63) is 139 Å². The van der Waals surface area contributed by atoms with Gasteiger partial charge >= 0.3 is 0 Å². The molecule has 2 nitrogen and oxygen atoms in total. The van der Waals surface area contributed by atoms with Gasteiger partial charge in [0, 0.05) is 37.2 Å². The van der Waals surface area contributed by atoms with Crippen molar-refractivity contribution in [2.75, 3.05) is 0 Å². The van der Waals surface area contributed by atoms with E-state index >= 15 is 0 Å². The fraction of sp³-hybridized carbons (Fsp3) is 0.171. The first-order valence-corrected chi connectivity index (χ1v) is 19.9. The molecule has 3 heterocycles. The molecule has 0 saturated carbocycles. The van der Waals surface area contributed by atoms with Crippen LogP contribution in [0.5, 0.6) is 0 Å². The van der Waals surface area contributed by atoms with Crippen LogP contribution in [0.25, 0.3) is 53.8 Å². The molecule has 46 heavy (non-hydrogen) atoms. The van der Waals surface area contributed by atoms with Gasteiger partial charge in [-0.2, -0.15) is 11.3 Å². The van der Waals surface area contributed by atoms with E-state index in [9.17, 15) is 0 Å². The number of rotatable bonds is 6. The summed E-state index contributed by atoms with van der Waals surface area (Å²) in [4.78, 5) is 9.20. The first kappa shape index (κ1) is 33.6. The zero-order valence-electron chi connectivity index (χ0n) is 27.0. The second-order valence-corrected chi connectivity index (χ2v) is 19.0. The van der Waals surface area contributed by atoms with E-state index in [0.29, 0.717) is 5.92 Å². The summed E-state index contributed by atoms with van der Waals surface area (Å²) in [5.41, 5.74) is 8.03. The second-order valence-electron chi connectivity index (χ2n) is 12.9. The standard InChI is InChI=1S/C27H22NS.C14H16NSi.Ir/c1-18(2)15-19-13-14-28-25(16-19)24-10-6-9-23-22-12-11-21(17-26(22)29-27(23)24)20-7-4-3-5-8-20;1-16(2,3)13-9-10-14(15-11-13)12-7-5-4-6-8-12;/h3-9,11-14,16-18H,15H2,1-2H3;4-7,9-11H,1-3H3;/q2*-1;. The Labute approximate surface area is 292 Å². The third kappa shape index (κ3) is 7.79. The molecule has 0 atom stereocenters. The van der Waals surface area contributed by atoms with E-state index in [-0.39, 0.29) is 20.1 Å². The Bertz CT molecular complexity index is 2030. The molecule has 0 amide bonds. The predicted octanol–water partition coefficient (Wildman–Crippen LogP) is 10.9. The Hall–Kier alpha value is -3.73. The fourth-order valence-electron chi connectivity index (χ4n) is 5.50. The van der Waals surface area contributed by atoms with Gasteiger partial charge < -0.3 is 9.97 Å². The molecule has 0 fully saturated rings. The summed E-state index contributed by atoms with van der Waals surface area (Å²) in [5, 5.41) is 3.99. The second kappa shape index (κ2) is 14.8. The fourth-order valence-corrected chi connectivity index (χ4v) is 7.78. The molecule has 0 saturated heterocycles.